The van der Waals surface area contributed by atoms with Crippen molar-refractivity contribution in [1.82, 2.24) is 20.1 Å². The summed E-state index contributed by atoms with van der Waals surface area (Å²) in [5.41, 5.74) is -2.00. The smallest absolute Gasteiger partial charge is 0.351 e. The van der Waals surface area contributed by atoms with Gasteiger partial charge in [0.2, 0.25) is 0 Å². The number of pyridine rings is 1. The Balaban J connectivity index is 1.95. The van der Waals surface area contributed by atoms with E-state index in [1.807, 2.05) is 22.6 Å². The molecule has 19 heteroatoms. The van der Waals surface area contributed by atoms with Gasteiger partial charge < -0.3 is 10.6 Å². The lowest BCUT2D eigenvalue weighted by atomic mass is 10.1. The van der Waals surface area contributed by atoms with E-state index >= 15 is 0 Å². The Bertz CT molecular complexity index is 1720. The van der Waals surface area contributed by atoms with Crippen molar-refractivity contribution in [2.24, 2.45) is 4.36 Å². The van der Waals surface area contributed by atoms with Gasteiger partial charge in [-0.15, -0.1) is 0 Å². The molecule has 0 spiro atoms. The van der Waals surface area contributed by atoms with Crippen molar-refractivity contribution in [3.63, 3.8) is 0 Å². The van der Waals surface area contributed by atoms with Crippen LogP contribution in [0.25, 0.3) is 5.82 Å². The topological polar surface area (TPSA) is 135 Å². The van der Waals surface area contributed by atoms with Crippen molar-refractivity contribution in [3.05, 3.63) is 67.6 Å². The zero-order valence-corrected chi connectivity index (χ0v) is 25.8. The molecule has 3 aromatic rings. The molecule has 3 rings (SSSR count). The van der Waals surface area contributed by atoms with Crippen molar-refractivity contribution in [3.8, 4) is 5.82 Å². The van der Waals surface area contributed by atoms with Gasteiger partial charge in [-0.25, -0.2) is 13.9 Å². The lowest BCUT2D eigenvalue weighted by Gasteiger charge is -2.18. The van der Waals surface area contributed by atoms with E-state index in [9.17, 15) is 44.9 Å². The Labute approximate surface area is 258 Å². The van der Waals surface area contributed by atoms with Crippen molar-refractivity contribution in [1.29, 1.82) is 0 Å². The Morgan fingerprint density at radius 3 is 2.37 bits per heavy atom. The number of nitrogens with zero attached hydrogens (tertiary/aromatic N) is 4. The highest BCUT2D eigenvalue weighted by molar-refractivity contribution is 14.1. The number of benzene rings is 1. The number of aryl methyl sites for hydroxylation is 1. The fourth-order valence-electron chi connectivity index (χ4n) is 3.43. The molecule has 10 nitrogen and oxygen atoms in total. The number of carbonyl (C=O) groups is 3. The summed E-state index contributed by atoms with van der Waals surface area (Å²) in [7, 11) is -3.75. The van der Waals surface area contributed by atoms with Gasteiger partial charge in [0.15, 0.2) is 11.5 Å². The van der Waals surface area contributed by atoms with Crippen molar-refractivity contribution in [2.75, 3.05) is 18.1 Å². The van der Waals surface area contributed by atoms with Gasteiger partial charge in [0, 0.05) is 28.6 Å². The molecule has 2 heterocycles. The van der Waals surface area contributed by atoms with Crippen molar-refractivity contribution < 1.29 is 44.9 Å². The van der Waals surface area contributed by atoms with Gasteiger partial charge in [0.05, 0.1) is 31.3 Å². The number of anilines is 1. The molecule has 0 aliphatic carbocycles. The number of hydrogen-bond acceptors (Lipinski definition) is 6. The maximum atomic E-state index is 13.5. The largest absolute Gasteiger partial charge is 0.474 e. The monoisotopic (exact) mass is 764 g/mol. The van der Waals surface area contributed by atoms with Gasteiger partial charge in [0.25, 0.3) is 11.8 Å². The Kier molecular flexibility index (Phi) is 10.2. The molecule has 0 aliphatic heterocycles. The zero-order chi connectivity index (χ0) is 32.5. The Morgan fingerprint density at radius 1 is 1.14 bits per heavy atom. The van der Waals surface area contributed by atoms with Crippen LogP contribution in [0.3, 0.4) is 0 Å². The fraction of sp³-hybridized carbons (Fsp3) is 0.292. The average molecular weight is 765 g/mol. The van der Waals surface area contributed by atoms with E-state index < -0.39 is 63.0 Å². The number of carbonyl (C=O) groups excluding carboxylic acids is 3. The number of amides is 3. The molecular formula is C24H20ClF6IN6O4S. The van der Waals surface area contributed by atoms with E-state index in [1.165, 1.54) is 38.2 Å². The average Bonchev–Trinajstić information content (AvgIpc) is 3.34. The highest BCUT2D eigenvalue weighted by atomic mass is 127. The highest BCUT2D eigenvalue weighted by Gasteiger charge is 2.40. The van der Waals surface area contributed by atoms with E-state index in [2.05, 4.69) is 25.1 Å². The van der Waals surface area contributed by atoms with Crippen molar-refractivity contribution in [2.45, 2.75) is 31.5 Å². The Hall–Kier alpha value is -3.26. The van der Waals surface area contributed by atoms with Crippen LogP contribution in [0.5, 0.6) is 0 Å². The fourth-order valence-corrected chi connectivity index (χ4v) is 5.42. The molecule has 232 valence electrons. The number of alkyl halides is 6. The minimum absolute atomic E-state index is 0.107. The third-order valence-corrected chi connectivity index (χ3v) is 8.86. The maximum absolute atomic E-state index is 13.5. The quantitative estimate of drug-likeness (QED) is 0.244. The molecule has 0 bridgehead atoms. The molecular weight excluding hydrogens is 745 g/mol. The second-order valence-corrected chi connectivity index (χ2v) is 13.4. The molecule has 1 aromatic carbocycles. The number of hydrogen-bond donors (Lipinski definition) is 2. The third-order valence-electron chi connectivity index (χ3n) is 5.76. The SMILES string of the molecule is Cc1cc(I)cc(C(=O)NCC(C)S(C)(=O)=NC(=O)C(F)(F)F)c1NC(=O)c1cc(C(F)(F)F)nn1-c1ncccc1Cl. The summed E-state index contributed by atoms with van der Waals surface area (Å²) in [6, 6.07) is 6.11. The molecule has 0 saturated heterocycles. The lowest BCUT2D eigenvalue weighted by Crippen LogP contribution is -2.36. The van der Waals surface area contributed by atoms with Crippen LogP contribution in [-0.2, 0) is 20.7 Å². The summed E-state index contributed by atoms with van der Waals surface area (Å²) in [6.07, 6.45) is -8.20. The van der Waals surface area contributed by atoms with Crippen molar-refractivity contribution >= 4 is 67.3 Å². The second-order valence-electron chi connectivity index (χ2n) is 9.01. The molecule has 2 atom stereocenters. The van der Waals surface area contributed by atoms with E-state index in [1.54, 1.807) is 6.07 Å². The van der Waals surface area contributed by atoms with Crippen LogP contribution >= 0.6 is 34.2 Å². The minimum Gasteiger partial charge on any atom is -0.351 e. The van der Waals surface area contributed by atoms with Crippen LogP contribution in [0.1, 0.15) is 39.0 Å². The second kappa shape index (κ2) is 12.8. The highest BCUT2D eigenvalue weighted by Crippen LogP contribution is 2.31. The first-order valence-corrected chi connectivity index (χ1v) is 15.2. The van der Waals surface area contributed by atoms with Gasteiger partial charge in [-0.3, -0.25) is 14.4 Å². The van der Waals surface area contributed by atoms with Gasteiger partial charge in [-0.2, -0.15) is 35.8 Å². The van der Waals surface area contributed by atoms with Crippen LogP contribution < -0.4 is 10.6 Å². The predicted molar refractivity (Wildman–Crippen MR) is 153 cm³/mol. The number of rotatable bonds is 7. The number of halogens is 8. The molecule has 3 amide bonds. The van der Waals surface area contributed by atoms with Gasteiger partial charge in [-0.05, 0) is 66.3 Å². The number of aromatic nitrogens is 3. The molecule has 0 saturated carbocycles. The van der Waals surface area contributed by atoms with Crippen LogP contribution in [0.4, 0.5) is 32.0 Å². The van der Waals surface area contributed by atoms with Crippen LogP contribution in [0.15, 0.2) is 40.9 Å². The summed E-state index contributed by atoms with van der Waals surface area (Å²) in [5.74, 6) is -4.79. The van der Waals surface area contributed by atoms with E-state index in [4.69, 9.17) is 11.6 Å². The maximum Gasteiger partial charge on any atom is 0.474 e. The molecule has 2 aromatic heterocycles. The van der Waals surface area contributed by atoms with Gasteiger partial charge >= 0.3 is 18.3 Å². The summed E-state index contributed by atoms with van der Waals surface area (Å²) < 4.78 is 94.8. The lowest BCUT2D eigenvalue weighted by molar-refractivity contribution is -0.169. The van der Waals surface area contributed by atoms with Crippen LogP contribution in [0, 0.1) is 10.5 Å². The van der Waals surface area contributed by atoms with E-state index in [-0.39, 0.29) is 22.1 Å². The molecule has 43 heavy (non-hydrogen) atoms. The molecule has 0 fully saturated rings. The summed E-state index contributed by atoms with van der Waals surface area (Å²) in [6.45, 7) is 2.23. The molecule has 0 aliphatic rings. The first-order chi connectivity index (χ1) is 19.7. The van der Waals surface area contributed by atoms with Crippen LogP contribution in [-0.4, -0.2) is 60.9 Å². The minimum atomic E-state index is -5.33. The predicted octanol–water partition coefficient (Wildman–Crippen LogP) is 5.41. The molecule has 2 unspecified atom stereocenters. The summed E-state index contributed by atoms with van der Waals surface area (Å²) >= 11 is 7.95. The standard InChI is InChI=1S/C24H20ClF6IN6O4S/c1-11-7-13(32)8-14(20(39)34-10-12(2)43(3,42)37-22(41)24(29,30)31)18(11)35-21(40)16-9-17(23(26,27)28)36-38(16)19-15(25)5-4-6-33-19/h4-9,12H,10H2,1-3H3,(H,34,39)(H,35,40). The summed E-state index contributed by atoms with van der Waals surface area (Å²) in [4.78, 5) is 41.6. The third kappa shape index (κ3) is 8.22. The first kappa shape index (κ1) is 34.2. The summed E-state index contributed by atoms with van der Waals surface area (Å²) in [5, 5.41) is 6.91. The zero-order valence-electron chi connectivity index (χ0n) is 22.1. The Morgan fingerprint density at radius 2 is 1.79 bits per heavy atom. The molecule has 2 N–H and O–H groups in total. The van der Waals surface area contributed by atoms with Gasteiger partial charge in [-0.1, -0.05) is 11.6 Å². The molecule has 0 radical (unpaired) electrons. The van der Waals surface area contributed by atoms with Crippen LogP contribution in [0.2, 0.25) is 5.02 Å². The normalized spacial score (nSPS) is 14.0. The van der Waals surface area contributed by atoms with E-state index in [0.29, 0.717) is 19.9 Å². The van der Waals surface area contributed by atoms with E-state index in [0.717, 1.165) is 6.26 Å². The number of nitrogens with one attached hydrogen (secondary N) is 2. The van der Waals surface area contributed by atoms with Gasteiger partial charge in [0.1, 0.15) is 5.69 Å². The first-order valence-electron chi connectivity index (χ1n) is 11.7.